The summed E-state index contributed by atoms with van der Waals surface area (Å²) >= 11 is 0. The maximum atomic E-state index is 6.59. The summed E-state index contributed by atoms with van der Waals surface area (Å²) in [5.74, 6) is 1.34. The number of fused-ring (bicyclic) bond motifs is 9. The van der Waals surface area contributed by atoms with Gasteiger partial charge in [-0.2, -0.15) is 0 Å². The van der Waals surface area contributed by atoms with Crippen molar-refractivity contribution in [1.29, 1.82) is 0 Å². The molecule has 1 N–H and O–H groups in total. The Balaban J connectivity index is 1.06. The second-order valence-electron chi connectivity index (χ2n) is 14.5. The Morgan fingerprint density at radius 2 is 1.12 bits per heavy atom. The van der Waals surface area contributed by atoms with Gasteiger partial charge in [0.15, 0.2) is 5.84 Å². The van der Waals surface area contributed by atoms with E-state index in [9.17, 15) is 0 Å². The van der Waals surface area contributed by atoms with Gasteiger partial charge in [-0.15, -0.1) is 0 Å². The van der Waals surface area contributed by atoms with Crippen molar-refractivity contribution in [2.45, 2.75) is 6.17 Å². The second kappa shape index (κ2) is 12.4. The Morgan fingerprint density at radius 3 is 2.00 bits per heavy atom. The molecule has 1 unspecified atom stereocenters. The van der Waals surface area contributed by atoms with Crippen LogP contribution in [0.1, 0.15) is 22.9 Å². The van der Waals surface area contributed by atoms with E-state index in [2.05, 4.69) is 149 Å². The van der Waals surface area contributed by atoms with E-state index in [1.807, 2.05) is 42.5 Å². The van der Waals surface area contributed by atoms with Crippen molar-refractivity contribution in [1.82, 2.24) is 9.88 Å². The van der Waals surface area contributed by atoms with Crippen LogP contribution in [0.5, 0.6) is 0 Å². The summed E-state index contributed by atoms with van der Waals surface area (Å²) in [4.78, 5) is 10.4. The number of furan rings is 2. The predicted octanol–water partition coefficient (Wildman–Crippen LogP) is 12.7. The Labute approximate surface area is 326 Å². The largest absolute Gasteiger partial charge is 0.456 e. The highest BCUT2D eigenvalue weighted by Crippen LogP contribution is 2.43. The normalized spacial score (nSPS) is 14.5. The maximum Gasteiger partial charge on any atom is 0.163 e. The van der Waals surface area contributed by atoms with Crippen LogP contribution in [0, 0.1) is 0 Å². The molecule has 6 nitrogen and oxygen atoms in total. The Bertz CT molecular complexity index is 3440. The fraction of sp³-hybridized carbons (Fsp3) is 0.0196. The van der Waals surface area contributed by atoms with Gasteiger partial charge in [0.1, 0.15) is 34.3 Å². The summed E-state index contributed by atoms with van der Waals surface area (Å²) in [6, 6.07) is 63.2. The molecule has 11 aromatic rings. The number of aliphatic imine (C=N–C) groups is 2. The van der Waals surface area contributed by atoms with Gasteiger partial charge in [-0.05, 0) is 77.4 Å². The first-order valence-corrected chi connectivity index (χ1v) is 19.2. The predicted molar refractivity (Wildman–Crippen MR) is 233 cm³/mol. The zero-order chi connectivity index (χ0) is 37.5. The molecule has 268 valence electrons. The van der Waals surface area contributed by atoms with Crippen LogP contribution in [-0.4, -0.2) is 16.2 Å². The van der Waals surface area contributed by atoms with E-state index in [1.165, 1.54) is 16.3 Å². The quantitative estimate of drug-likeness (QED) is 0.192. The van der Waals surface area contributed by atoms with Gasteiger partial charge in [-0.3, -0.25) is 0 Å². The molecule has 57 heavy (non-hydrogen) atoms. The van der Waals surface area contributed by atoms with Crippen LogP contribution in [-0.2, 0) is 0 Å². The van der Waals surface area contributed by atoms with Gasteiger partial charge in [0.2, 0.25) is 0 Å². The van der Waals surface area contributed by atoms with Crippen molar-refractivity contribution in [3.63, 3.8) is 0 Å². The number of hydrogen-bond donors (Lipinski definition) is 1. The molecule has 0 spiro atoms. The molecular weight excluding hydrogens is 701 g/mol. The fourth-order valence-electron chi connectivity index (χ4n) is 8.74. The Morgan fingerprint density at radius 1 is 0.474 bits per heavy atom. The van der Waals surface area contributed by atoms with E-state index in [0.717, 1.165) is 88.7 Å². The van der Waals surface area contributed by atoms with Gasteiger partial charge in [0, 0.05) is 43.6 Å². The van der Waals surface area contributed by atoms with Crippen molar-refractivity contribution in [2.75, 3.05) is 0 Å². The summed E-state index contributed by atoms with van der Waals surface area (Å²) < 4.78 is 15.4. The SMILES string of the molecule is c1ccc(C2N=C(c3cccc4c3oc3ccccc34)N=C(c3ccc4oc5cccc(-c6cccc7c6c6ccccc6n7-c6ccccc6)c5c4c3)N2)cc1. The molecule has 0 bridgehead atoms. The van der Waals surface area contributed by atoms with Crippen molar-refractivity contribution < 1.29 is 8.83 Å². The summed E-state index contributed by atoms with van der Waals surface area (Å²) in [7, 11) is 0. The van der Waals surface area contributed by atoms with E-state index in [1.54, 1.807) is 0 Å². The molecule has 3 aromatic heterocycles. The molecule has 8 aromatic carbocycles. The lowest BCUT2D eigenvalue weighted by molar-refractivity contribution is 0.663. The van der Waals surface area contributed by atoms with E-state index in [4.69, 9.17) is 18.8 Å². The van der Waals surface area contributed by atoms with Crippen LogP contribution in [0.4, 0.5) is 0 Å². The van der Waals surface area contributed by atoms with Gasteiger partial charge >= 0.3 is 0 Å². The van der Waals surface area contributed by atoms with Crippen LogP contribution in [0.25, 0.3) is 82.5 Å². The number of para-hydroxylation sites is 4. The summed E-state index contributed by atoms with van der Waals surface area (Å²) in [6.45, 7) is 0. The molecule has 1 atom stereocenters. The molecular formula is C51H32N4O2. The third-order valence-electron chi connectivity index (χ3n) is 11.3. The van der Waals surface area contributed by atoms with E-state index >= 15 is 0 Å². The molecule has 0 aliphatic carbocycles. The molecule has 4 heterocycles. The van der Waals surface area contributed by atoms with Crippen LogP contribution in [0.3, 0.4) is 0 Å². The van der Waals surface area contributed by atoms with Crippen LogP contribution in [0.2, 0.25) is 0 Å². The number of amidine groups is 2. The molecule has 12 rings (SSSR count). The minimum absolute atomic E-state index is 0.361. The number of rotatable bonds is 5. The first-order valence-electron chi connectivity index (χ1n) is 19.2. The van der Waals surface area contributed by atoms with Gasteiger partial charge in [-0.25, -0.2) is 9.98 Å². The smallest absolute Gasteiger partial charge is 0.163 e. The number of nitrogens with one attached hydrogen (secondary N) is 1. The fourth-order valence-corrected chi connectivity index (χ4v) is 8.74. The lowest BCUT2D eigenvalue weighted by Crippen LogP contribution is -2.33. The first kappa shape index (κ1) is 31.6. The molecule has 0 radical (unpaired) electrons. The average Bonchev–Trinajstić information content (AvgIpc) is 3.96. The molecule has 6 heteroatoms. The topological polar surface area (TPSA) is 68.0 Å². The van der Waals surface area contributed by atoms with E-state index in [0.29, 0.717) is 5.84 Å². The summed E-state index contributed by atoms with van der Waals surface area (Å²) in [5, 5.41) is 10.3. The second-order valence-corrected chi connectivity index (χ2v) is 14.5. The van der Waals surface area contributed by atoms with Crippen LogP contribution >= 0.6 is 0 Å². The molecule has 1 aliphatic heterocycles. The highest BCUT2D eigenvalue weighted by molar-refractivity contribution is 6.23. The maximum absolute atomic E-state index is 6.59. The number of nitrogens with zero attached hydrogens (tertiary/aromatic N) is 3. The van der Waals surface area contributed by atoms with Gasteiger partial charge in [0.05, 0.1) is 16.6 Å². The van der Waals surface area contributed by atoms with Crippen molar-refractivity contribution in [3.8, 4) is 16.8 Å². The lowest BCUT2D eigenvalue weighted by atomic mass is 9.95. The molecule has 0 amide bonds. The van der Waals surface area contributed by atoms with Crippen molar-refractivity contribution in [2.24, 2.45) is 9.98 Å². The van der Waals surface area contributed by atoms with Crippen molar-refractivity contribution in [3.05, 3.63) is 199 Å². The molecule has 0 saturated heterocycles. The Hall–Kier alpha value is -7.70. The summed E-state index contributed by atoms with van der Waals surface area (Å²) in [6.07, 6.45) is -0.361. The third kappa shape index (κ3) is 4.90. The van der Waals surface area contributed by atoms with Gasteiger partial charge in [0.25, 0.3) is 0 Å². The molecule has 1 aliphatic rings. The van der Waals surface area contributed by atoms with Crippen molar-refractivity contribution >= 4 is 77.4 Å². The third-order valence-corrected chi connectivity index (χ3v) is 11.3. The monoisotopic (exact) mass is 732 g/mol. The first-order chi connectivity index (χ1) is 28.3. The minimum Gasteiger partial charge on any atom is -0.456 e. The van der Waals surface area contributed by atoms with Crippen LogP contribution in [0.15, 0.2) is 201 Å². The average molecular weight is 733 g/mol. The number of hydrogen-bond acceptors (Lipinski definition) is 5. The standard InChI is InChI=1S/C51H32N4O2/c1-3-14-31(15-4-1)49-52-50(54-51(53-49)39-23-11-22-37-34-18-8-10-26-43(34)57-48(37)39)32-28-29-44-40(30-32)47-36(21-13-27-45(47)56-44)35-20-12-25-42-46(35)38-19-7-9-24-41(38)55(42)33-16-5-2-6-17-33/h1-30,49H,(H,52,53,54). The zero-order valence-electron chi connectivity index (χ0n) is 30.6. The zero-order valence-corrected chi connectivity index (χ0v) is 30.6. The number of aromatic nitrogens is 1. The van der Waals surface area contributed by atoms with Gasteiger partial charge < -0.3 is 18.7 Å². The molecule has 0 saturated carbocycles. The lowest BCUT2D eigenvalue weighted by Gasteiger charge is -2.23. The number of benzene rings is 8. The highest BCUT2D eigenvalue weighted by Gasteiger charge is 2.25. The van der Waals surface area contributed by atoms with E-state index in [-0.39, 0.29) is 6.17 Å². The Kier molecular flexibility index (Phi) is 6.89. The summed E-state index contributed by atoms with van der Waals surface area (Å²) in [5.41, 5.74) is 11.8. The highest BCUT2D eigenvalue weighted by atomic mass is 16.3. The minimum atomic E-state index is -0.361. The van der Waals surface area contributed by atoms with E-state index < -0.39 is 0 Å². The molecule has 0 fully saturated rings. The van der Waals surface area contributed by atoms with Gasteiger partial charge in [-0.1, -0.05) is 121 Å². The van der Waals surface area contributed by atoms with Crippen LogP contribution < -0.4 is 5.32 Å².